The van der Waals surface area contributed by atoms with E-state index in [1.807, 2.05) is 12.1 Å². The molecule has 0 saturated heterocycles. The molecule has 0 aliphatic carbocycles. The molecule has 2 aromatic heterocycles. The van der Waals surface area contributed by atoms with Gasteiger partial charge in [0.15, 0.2) is 0 Å². The number of rotatable bonds is 3. The standard InChI is InChI=1S/C17H10ClFN4O/c18-11-3-7-13(8-4-11)22-16-14-15(10-1-5-12(19)6-2-10)23-24-17(14)21-9-20-16/h1-9H,(H,20,21,22). The summed E-state index contributed by atoms with van der Waals surface area (Å²) in [6.45, 7) is 0. The summed E-state index contributed by atoms with van der Waals surface area (Å²) in [6, 6.07) is 13.2. The van der Waals surface area contributed by atoms with Gasteiger partial charge in [0.1, 0.15) is 29.0 Å². The zero-order chi connectivity index (χ0) is 16.5. The van der Waals surface area contributed by atoms with Crippen molar-refractivity contribution in [3.8, 4) is 11.3 Å². The lowest BCUT2D eigenvalue weighted by atomic mass is 10.1. The van der Waals surface area contributed by atoms with Crippen LogP contribution < -0.4 is 5.32 Å². The molecule has 24 heavy (non-hydrogen) atoms. The number of halogens is 2. The predicted octanol–water partition coefficient (Wildman–Crippen LogP) is 4.82. The molecular weight excluding hydrogens is 331 g/mol. The van der Waals surface area contributed by atoms with Crippen LogP contribution in [0, 0.1) is 5.82 Å². The number of anilines is 2. The molecule has 5 nitrogen and oxygen atoms in total. The molecule has 7 heteroatoms. The van der Waals surface area contributed by atoms with E-state index >= 15 is 0 Å². The highest BCUT2D eigenvalue weighted by Crippen LogP contribution is 2.32. The number of benzene rings is 2. The van der Waals surface area contributed by atoms with Crippen molar-refractivity contribution in [2.75, 3.05) is 5.32 Å². The number of nitrogens with one attached hydrogen (secondary N) is 1. The molecular formula is C17H10ClFN4O. The summed E-state index contributed by atoms with van der Waals surface area (Å²) in [6.07, 6.45) is 1.39. The summed E-state index contributed by atoms with van der Waals surface area (Å²) < 4.78 is 18.4. The first kappa shape index (κ1) is 14.6. The van der Waals surface area contributed by atoms with Gasteiger partial charge < -0.3 is 9.84 Å². The van der Waals surface area contributed by atoms with Crippen molar-refractivity contribution in [2.24, 2.45) is 0 Å². The van der Waals surface area contributed by atoms with Crippen molar-refractivity contribution < 1.29 is 8.91 Å². The minimum absolute atomic E-state index is 0.317. The number of fused-ring (bicyclic) bond motifs is 1. The Balaban J connectivity index is 1.82. The molecule has 0 atom stereocenters. The van der Waals surface area contributed by atoms with E-state index in [1.54, 1.807) is 24.3 Å². The first-order valence-electron chi connectivity index (χ1n) is 7.09. The van der Waals surface area contributed by atoms with Gasteiger partial charge in [0.05, 0.1) is 0 Å². The van der Waals surface area contributed by atoms with Crippen LogP contribution in [0.15, 0.2) is 59.4 Å². The average molecular weight is 341 g/mol. The maximum atomic E-state index is 13.1. The van der Waals surface area contributed by atoms with Crippen molar-refractivity contribution >= 4 is 34.2 Å². The van der Waals surface area contributed by atoms with Crippen LogP contribution in [-0.2, 0) is 0 Å². The van der Waals surface area contributed by atoms with Gasteiger partial charge >= 0.3 is 0 Å². The van der Waals surface area contributed by atoms with E-state index < -0.39 is 0 Å². The van der Waals surface area contributed by atoms with E-state index in [0.29, 0.717) is 33.2 Å². The zero-order valence-electron chi connectivity index (χ0n) is 12.2. The van der Waals surface area contributed by atoms with Crippen molar-refractivity contribution in [1.29, 1.82) is 0 Å². The lowest BCUT2D eigenvalue weighted by Gasteiger charge is -2.06. The maximum absolute atomic E-state index is 13.1. The molecule has 0 spiro atoms. The van der Waals surface area contributed by atoms with Crippen LogP contribution in [0.25, 0.3) is 22.4 Å². The summed E-state index contributed by atoms with van der Waals surface area (Å²) in [7, 11) is 0. The SMILES string of the molecule is Fc1ccc(-c2noc3ncnc(Nc4ccc(Cl)cc4)c23)cc1. The number of hydrogen-bond acceptors (Lipinski definition) is 5. The van der Waals surface area contributed by atoms with Gasteiger partial charge in [-0.1, -0.05) is 16.8 Å². The molecule has 1 N–H and O–H groups in total. The zero-order valence-corrected chi connectivity index (χ0v) is 13.0. The van der Waals surface area contributed by atoms with Crippen molar-refractivity contribution in [3.63, 3.8) is 0 Å². The summed E-state index contributed by atoms with van der Waals surface area (Å²) in [5.41, 5.74) is 2.41. The molecule has 4 aromatic rings. The molecule has 0 amide bonds. The fourth-order valence-corrected chi connectivity index (χ4v) is 2.48. The predicted molar refractivity (Wildman–Crippen MR) is 89.7 cm³/mol. The molecule has 2 heterocycles. The number of nitrogens with zero attached hydrogens (tertiary/aromatic N) is 3. The van der Waals surface area contributed by atoms with Crippen LogP contribution in [0.2, 0.25) is 5.02 Å². The number of aromatic nitrogens is 3. The molecule has 0 bridgehead atoms. The van der Waals surface area contributed by atoms with E-state index in [4.69, 9.17) is 16.1 Å². The van der Waals surface area contributed by atoms with Crippen LogP contribution in [0.4, 0.5) is 15.9 Å². The number of hydrogen-bond donors (Lipinski definition) is 1. The summed E-state index contributed by atoms with van der Waals surface area (Å²) in [5, 5.41) is 8.52. The lowest BCUT2D eigenvalue weighted by Crippen LogP contribution is -1.95. The van der Waals surface area contributed by atoms with Crippen LogP contribution in [0.5, 0.6) is 0 Å². The Morgan fingerprint density at radius 2 is 1.71 bits per heavy atom. The molecule has 0 aliphatic rings. The van der Waals surface area contributed by atoms with Gasteiger partial charge in [-0.2, -0.15) is 4.98 Å². The van der Waals surface area contributed by atoms with Crippen LogP contribution >= 0.6 is 11.6 Å². The molecule has 0 aliphatic heterocycles. The van der Waals surface area contributed by atoms with Crippen LogP contribution in [0.1, 0.15) is 0 Å². The summed E-state index contributed by atoms with van der Waals surface area (Å²) >= 11 is 5.90. The molecule has 4 rings (SSSR count). The summed E-state index contributed by atoms with van der Waals surface area (Å²) in [4.78, 5) is 8.36. The highest BCUT2D eigenvalue weighted by Gasteiger charge is 2.17. The van der Waals surface area contributed by atoms with Gasteiger partial charge in [-0.3, -0.25) is 0 Å². The normalized spacial score (nSPS) is 10.9. The Labute approximate surface area is 141 Å². The molecule has 118 valence electrons. The van der Waals surface area contributed by atoms with Gasteiger partial charge in [-0.05, 0) is 48.5 Å². The van der Waals surface area contributed by atoms with E-state index in [9.17, 15) is 4.39 Å². The third-order valence-electron chi connectivity index (χ3n) is 3.50. The minimum Gasteiger partial charge on any atom is -0.339 e. The largest absolute Gasteiger partial charge is 0.339 e. The Hall–Kier alpha value is -2.99. The maximum Gasteiger partial charge on any atom is 0.263 e. The highest BCUT2D eigenvalue weighted by molar-refractivity contribution is 6.30. The first-order chi connectivity index (χ1) is 11.7. The first-order valence-corrected chi connectivity index (χ1v) is 7.47. The van der Waals surface area contributed by atoms with Crippen LogP contribution in [-0.4, -0.2) is 15.1 Å². The minimum atomic E-state index is -0.317. The van der Waals surface area contributed by atoms with Crippen molar-refractivity contribution in [1.82, 2.24) is 15.1 Å². The van der Waals surface area contributed by atoms with Crippen LogP contribution in [0.3, 0.4) is 0 Å². The van der Waals surface area contributed by atoms with Crippen molar-refractivity contribution in [2.45, 2.75) is 0 Å². The van der Waals surface area contributed by atoms with E-state index in [-0.39, 0.29) is 5.82 Å². The Morgan fingerprint density at radius 3 is 2.46 bits per heavy atom. The Bertz CT molecular complexity index is 999. The Kier molecular flexibility index (Phi) is 3.59. The molecule has 0 radical (unpaired) electrons. The van der Waals surface area contributed by atoms with E-state index in [1.165, 1.54) is 18.5 Å². The molecule has 0 saturated carbocycles. The summed E-state index contributed by atoms with van der Waals surface area (Å²) in [5.74, 6) is 0.227. The second-order valence-electron chi connectivity index (χ2n) is 5.07. The third kappa shape index (κ3) is 2.68. The fraction of sp³-hybridized carbons (Fsp3) is 0. The topological polar surface area (TPSA) is 63.8 Å². The van der Waals surface area contributed by atoms with Gasteiger partial charge in [0.2, 0.25) is 0 Å². The van der Waals surface area contributed by atoms with Gasteiger partial charge in [-0.25, -0.2) is 9.37 Å². The quantitative estimate of drug-likeness (QED) is 0.579. The third-order valence-corrected chi connectivity index (χ3v) is 3.75. The highest BCUT2D eigenvalue weighted by atomic mass is 35.5. The monoisotopic (exact) mass is 340 g/mol. The molecule has 2 aromatic carbocycles. The van der Waals surface area contributed by atoms with E-state index in [0.717, 1.165) is 5.69 Å². The molecule has 0 fully saturated rings. The van der Waals surface area contributed by atoms with Gasteiger partial charge in [0, 0.05) is 16.3 Å². The fourth-order valence-electron chi connectivity index (χ4n) is 2.36. The van der Waals surface area contributed by atoms with Gasteiger partial charge in [0.25, 0.3) is 5.71 Å². The smallest absolute Gasteiger partial charge is 0.263 e. The van der Waals surface area contributed by atoms with E-state index in [2.05, 4.69) is 20.4 Å². The van der Waals surface area contributed by atoms with Gasteiger partial charge in [-0.15, -0.1) is 0 Å². The Morgan fingerprint density at radius 1 is 0.958 bits per heavy atom. The second kappa shape index (κ2) is 5.90. The van der Waals surface area contributed by atoms with Crippen molar-refractivity contribution in [3.05, 3.63) is 65.7 Å². The second-order valence-corrected chi connectivity index (χ2v) is 5.51. The lowest BCUT2D eigenvalue weighted by molar-refractivity contribution is 0.451. The average Bonchev–Trinajstić information content (AvgIpc) is 3.03. The molecule has 0 unspecified atom stereocenters.